The van der Waals surface area contributed by atoms with Gasteiger partial charge in [0.25, 0.3) is 0 Å². The van der Waals surface area contributed by atoms with Crippen LogP contribution in [0.15, 0.2) is 0 Å². The predicted octanol–water partition coefficient (Wildman–Crippen LogP) is -3.65. The van der Waals surface area contributed by atoms with Crippen LogP contribution < -0.4 is 16.8 Å². The van der Waals surface area contributed by atoms with Gasteiger partial charge in [0.2, 0.25) is 0 Å². The molecule has 0 aromatic carbocycles. The third-order valence-electron chi connectivity index (χ3n) is 5.16. The van der Waals surface area contributed by atoms with Gasteiger partial charge >= 0.3 is 0 Å². The first-order valence-electron chi connectivity index (χ1n) is 9.14. The number of rotatable bonds is 6. The molecule has 0 aromatic heterocycles. The minimum absolute atomic E-state index is 0.363. The molecule has 0 aromatic rings. The van der Waals surface area contributed by atoms with Crippen molar-refractivity contribution in [3.63, 3.8) is 0 Å². The molecule has 1 heterocycles. The van der Waals surface area contributed by atoms with Gasteiger partial charge in [-0.3, -0.25) is 0 Å². The quantitative estimate of drug-likeness (QED) is 0.229. The molecule has 154 valence electrons. The van der Waals surface area contributed by atoms with E-state index in [1.807, 2.05) is 6.92 Å². The van der Waals surface area contributed by atoms with Gasteiger partial charge < -0.3 is 51.8 Å². The fourth-order valence-corrected chi connectivity index (χ4v) is 3.55. The number of nitrogens with one attached hydrogen (secondary N) is 1. The van der Waals surface area contributed by atoms with Crippen LogP contribution in [0.2, 0.25) is 0 Å². The van der Waals surface area contributed by atoms with E-state index in [1.54, 1.807) is 0 Å². The van der Waals surface area contributed by atoms with Crippen molar-refractivity contribution in [1.29, 1.82) is 0 Å². The monoisotopic (exact) mass is 379 g/mol. The summed E-state index contributed by atoms with van der Waals surface area (Å²) in [5, 5.41) is 53.7. The highest BCUT2D eigenvalue weighted by Gasteiger charge is 2.49. The van der Waals surface area contributed by atoms with Crippen LogP contribution in [-0.2, 0) is 9.47 Å². The first kappa shape index (κ1) is 21.9. The van der Waals surface area contributed by atoms with Crippen LogP contribution in [0.4, 0.5) is 0 Å². The van der Waals surface area contributed by atoms with Gasteiger partial charge in [0.15, 0.2) is 6.29 Å². The molecule has 1 saturated heterocycles. The van der Waals surface area contributed by atoms with Gasteiger partial charge in [-0.05, 0) is 26.3 Å². The predicted molar refractivity (Wildman–Crippen MR) is 91.9 cm³/mol. The van der Waals surface area contributed by atoms with Crippen molar-refractivity contribution >= 4 is 0 Å². The lowest BCUT2D eigenvalue weighted by Gasteiger charge is -2.47. The van der Waals surface area contributed by atoms with Gasteiger partial charge in [0, 0.05) is 12.1 Å². The van der Waals surface area contributed by atoms with E-state index in [9.17, 15) is 25.5 Å². The third kappa shape index (κ3) is 4.53. The number of nitrogens with two attached hydrogens (primary N) is 2. The van der Waals surface area contributed by atoms with E-state index in [1.165, 1.54) is 6.92 Å². The van der Waals surface area contributed by atoms with Crippen molar-refractivity contribution in [3.8, 4) is 0 Å². The van der Waals surface area contributed by atoms with Crippen molar-refractivity contribution in [1.82, 2.24) is 5.32 Å². The summed E-state index contributed by atoms with van der Waals surface area (Å²) in [5.41, 5.74) is 12.0. The highest BCUT2D eigenvalue weighted by Crippen LogP contribution is 2.28. The van der Waals surface area contributed by atoms with Gasteiger partial charge in [-0.1, -0.05) is 6.92 Å². The summed E-state index contributed by atoms with van der Waals surface area (Å²) >= 11 is 0. The average Bonchev–Trinajstić information content (AvgIpc) is 2.60. The summed E-state index contributed by atoms with van der Waals surface area (Å²) in [6.07, 6.45) is -8.23. The molecule has 2 rings (SSSR count). The van der Waals surface area contributed by atoms with E-state index in [-0.39, 0.29) is 6.04 Å². The van der Waals surface area contributed by atoms with E-state index in [0.717, 1.165) is 6.42 Å². The molecular formula is C16H33N3O7. The Labute approximate surface area is 153 Å². The maximum absolute atomic E-state index is 10.4. The molecule has 10 heteroatoms. The van der Waals surface area contributed by atoms with Crippen molar-refractivity contribution in [2.75, 3.05) is 6.54 Å². The van der Waals surface area contributed by atoms with Crippen LogP contribution in [0.3, 0.4) is 0 Å². The van der Waals surface area contributed by atoms with Gasteiger partial charge in [0.1, 0.15) is 30.5 Å². The highest BCUT2D eigenvalue weighted by molar-refractivity contribution is 5.00. The van der Waals surface area contributed by atoms with Crippen LogP contribution in [0.5, 0.6) is 0 Å². The van der Waals surface area contributed by atoms with Crippen molar-refractivity contribution in [3.05, 3.63) is 0 Å². The Balaban J connectivity index is 2.06. The number of ether oxygens (including phenoxy) is 2. The molecule has 10 nitrogen and oxygen atoms in total. The second kappa shape index (κ2) is 9.20. The minimum Gasteiger partial charge on any atom is -0.391 e. The lowest BCUT2D eigenvalue weighted by molar-refractivity contribution is -0.301. The van der Waals surface area contributed by atoms with Gasteiger partial charge in [0.05, 0.1) is 18.2 Å². The summed E-state index contributed by atoms with van der Waals surface area (Å²) in [6.45, 7) is 4.08. The molecule has 10 N–H and O–H groups in total. The highest BCUT2D eigenvalue weighted by atomic mass is 16.7. The Morgan fingerprint density at radius 1 is 1.12 bits per heavy atom. The number of aliphatic hydroxyl groups excluding tert-OH is 5. The first-order chi connectivity index (χ1) is 12.2. The summed E-state index contributed by atoms with van der Waals surface area (Å²) in [4.78, 5) is 0. The molecule has 5 unspecified atom stereocenters. The number of hydrogen-bond donors (Lipinski definition) is 8. The van der Waals surface area contributed by atoms with E-state index in [0.29, 0.717) is 13.0 Å². The van der Waals surface area contributed by atoms with E-state index >= 15 is 0 Å². The van der Waals surface area contributed by atoms with Crippen molar-refractivity contribution in [2.45, 2.75) is 93.8 Å². The third-order valence-corrected chi connectivity index (χ3v) is 5.16. The lowest BCUT2D eigenvalue weighted by Crippen LogP contribution is -2.68. The molecule has 2 fully saturated rings. The second-order valence-corrected chi connectivity index (χ2v) is 7.31. The smallest absolute Gasteiger partial charge is 0.176 e. The van der Waals surface area contributed by atoms with Crippen LogP contribution >= 0.6 is 0 Å². The largest absolute Gasteiger partial charge is 0.391 e. The van der Waals surface area contributed by atoms with Gasteiger partial charge in [-0.15, -0.1) is 0 Å². The van der Waals surface area contributed by atoms with E-state index in [4.69, 9.17) is 20.9 Å². The molecular weight excluding hydrogens is 346 g/mol. The zero-order valence-corrected chi connectivity index (χ0v) is 15.2. The summed E-state index contributed by atoms with van der Waals surface area (Å²) < 4.78 is 11.2. The fraction of sp³-hybridized carbons (Fsp3) is 1.00. The molecule has 0 radical (unpaired) electrons. The van der Waals surface area contributed by atoms with Gasteiger partial charge in [-0.2, -0.15) is 0 Å². The average molecular weight is 379 g/mol. The normalized spacial score (nSPS) is 48.3. The van der Waals surface area contributed by atoms with Crippen molar-refractivity contribution < 1.29 is 35.0 Å². The second-order valence-electron chi connectivity index (χ2n) is 7.31. The van der Waals surface area contributed by atoms with E-state index in [2.05, 4.69) is 5.32 Å². The van der Waals surface area contributed by atoms with Crippen LogP contribution in [0.25, 0.3) is 0 Å². The summed E-state index contributed by atoms with van der Waals surface area (Å²) in [7, 11) is 0. The molecule has 0 amide bonds. The molecule has 0 spiro atoms. The molecule has 1 aliphatic carbocycles. The van der Waals surface area contributed by atoms with Crippen LogP contribution in [-0.4, -0.2) is 99.2 Å². The Hall–Kier alpha value is -0.400. The van der Waals surface area contributed by atoms with Crippen LogP contribution in [0, 0.1) is 0 Å². The molecule has 1 aliphatic heterocycles. The standard InChI is InChI=1S/C16H33N3O7/c1-3-4-19-8-5-7(17)15(12(23)10(8)21)26-16-9(18)11(22)13(24)14(25-16)6(2)20/h6-16,19-24H,3-5,17-18H2,1-2H3/t6-,7?,8-,9?,10-,11?,12?,13+,14?,15-,16-/m1/s1. The molecule has 1 saturated carbocycles. The number of hydrogen-bond acceptors (Lipinski definition) is 10. The molecule has 11 atom stereocenters. The lowest BCUT2D eigenvalue weighted by atomic mass is 9.84. The van der Waals surface area contributed by atoms with Gasteiger partial charge in [-0.25, -0.2) is 0 Å². The Morgan fingerprint density at radius 3 is 2.35 bits per heavy atom. The van der Waals surface area contributed by atoms with E-state index < -0.39 is 61.1 Å². The fourth-order valence-electron chi connectivity index (χ4n) is 3.55. The molecule has 26 heavy (non-hydrogen) atoms. The number of aliphatic hydroxyl groups is 5. The summed E-state index contributed by atoms with van der Waals surface area (Å²) in [5.74, 6) is 0. The summed E-state index contributed by atoms with van der Waals surface area (Å²) in [6, 6.07) is -2.07. The zero-order chi connectivity index (χ0) is 19.6. The first-order valence-corrected chi connectivity index (χ1v) is 9.14. The SMILES string of the molecule is CCCN[C@@H]1CC(N)[C@@H](O[C@H]2OC([C@@H](C)O)[C@@H](O)C(O)C2N)C(O)[C@@H]1O. The Morgan fingerprint density at radius 2 is 1.77 bits per heavy atom. The molecule has 2 aliphatic rings. The molecule has 0 bridgehead atoms. The Bertz CT molecular complexity index is 444. The zero-order valence-electron chi connectivity index (χ0n) is 15.2. The van der Waals surface area contributed by atoms with Crippen molar-refractivity contribution in [2.24, 2.45) is 11.5 Å². The maximum Gasteiger partial charge on any atom is 0.176 e. The topological polar surface area (TPSA) is 184 Å². The maximum atomic E-state index is 10.4. The minimum atomic E-state index is -1.38. The van der Waals surface area contributed by atoms with Crippen LogP contribution in [0.1, 0.15) is 26.7 Å². The Kier molecular flexibility index (Phi) is 7.74.